The van der Waals surface area contributed by atoms with Crippen molar-refractivity contribution >= 4 is 0 Å². The Kier molecular flexibility index (Phi) is 4.06. The number of hydrogen-bond donors (Lipinski definition) is 0. The van der Waals surface area contributed by atoms with Gasteiger partial charge in [0.1, 0.15) is 11.7 Å². The standard InChI is InChI=1S/C13H20F2/c1-8(2)11-9(3)6-5-7-10(4)12(14)13(11)15/h5,7-11H,6H2,1-4H3/b7-5-,13-12?. The summed E-state index contributed by atoms with van der Waals surface area (Å²) in [4.78, 5) is 0. The summed E-state index contributed by atoms with van der Waals surface area (Å²) in [5.74, 6) is -1.51. The third-order valence-electron chi connectivity index (χ3n) is 3.18. The van der Waals surface area contributed by atoms with Crippen LogP contribution in [0.2, 0.25) is 0 Å². The lowest BCUT2D eigenvalue weighted by Crippen LogP contribution is -2.21. The van der Waals surface area contributed by atoms with E-state index in [0.29, 0.717) is 0 Å². The van der Waals surface area contributed by atoms with E-state index in [1.54, 1.807) is 13.0 Å². The largest absolute Gasteiger partial charge is 0.209 e. The van der Waals surface area contributed by atoms with E-state index in [9.17, 15) is 8.78 Å². The highest BCUT2D eigenvalue weighted by Gasteiger charge is 2.29. The lowest BCUT2D eigenvalue weighted by atomic mass is 9.79. The van der Waals surface area contributed by atoms with Gasteiger partial charge in [-0.25, -0.2) is 8.78 Å². The second-order valence-electron chi connectivity index (χ2n) is 4.90. The molecule has 1 aliphatic carbocycles. The van der Waals surface area contributed by atoms with E-state index in [0.717, 1.165) is 6.42 Å². The molecule has 0 spiro atoms. The second-order valence-corrected chi connectivity index (χ2v) is 4.90. The second kappa shape index (κ2) is 4.91. The average Bonchev–Trinajstić information content (AvgIpc) is 2.14. The van der Waals surface area contributed by atoms with E-state index in [4.69, 9.17) is 0 Å². The van der Waals surface area contributed by atoms with E-state index in [1.807, 2.05) is 26.8 Å². The van der Waals surface area contributed by atoms with E-state index in [-0.39, 0.29) is 17.8 Å². The molecule has 0 aromatic heterocycles. The van der Waals surface area contributed by atoms with Crippen LogP contribution in [0.3, 0.4) is 0 Å². The van der Waals surface area contributed by atoms with Crippen molar-refractivity contribution in [3.8, 4) is 0 Å². The van der Waals surface area contributed by atoms with Gasteiger partial charge in [0.15, 0.2) is 0 Å². The SMILES string of the molecule is CC1/C=C\CC(C)C(C(C)C)C(F)=C1F. The third-order valence-corrected chi connectivity index (χ3v) is 3.18. The van der Waals surface area contributed by atoms with Gasteiger partial charge in [-0.2, -0.15) is 0 Å². The van der Waals surface area contributed by atoms with Crippen molar-refractivity contribution in [2.24, 2.45) is 23.7 Å². The van der Waals surface area contributed by atoms with Crippen LogP contribution in [0.5, 0.6) is 0 Å². The van der Waals surface area contributed by atoms with E-state index in [2.05, 4.69) is 0 Å². The Balaban J connectivity index is 3.07. The summed E-state index contributed by atoms with van der Waals surface area (Å²) in [6.07, 6.45) is 4.55. The van der Waals surface area contributed by atoms with Crippen LogP contribution in [0, 0.1) is 23.7 Å². The Hall–Kier alpha value is -0.660. The quantitative estimate of drug-likeness (QED) is 0.558. The molecule has 15 heavy (non-hydrogen) atoms. The number of hydrogen-bond acceptors (Lipinski definition) is 0. The minimum Gasteiger partial charge on any atom is -0.209 e. The van der Waals surface area contributed by atoms with Crippen molar-refractivity contribution < 1.29 is 8.78 Å². The van der Waals surface area contributed by atoms with Gasteiger partial charge in [0.2, 0.25) is 0 Å². The van der Waals surface area contributed by atoms with E-state index < -0.39 is 17.6 Å². The Morgan fingerprint density at radius 1 is 1.20 bits per heavy atom. The first-order valence-electron chi connectivity index (χ1n) is 5.66. The van der Waals surface area contributed by atoms with Gasteiger partial charge < -0.3 is 0 Å². The Labute approximate surface area is 91.1 Å². The highest BCUT2D eigenvalue weighted by atomic mass is 19.2. The van der Waals surface area contributed by atoms with Crippen molar-refractivity contribution in [1.29, 1.82) is 0 Å². The van der Waals surface area contributed by atoms with Gasteiger partial charge in [0.05, 0.1) is 0 Å². The normalized spacial score (nSPS) is 35.3. The zero-order valence-corrected chi connectivity index (χ0v) is 9.93. The molecule has 0 heterocycles. The van der Waals surface area contributed by atoms with Crippen molar-refractivity contribution in [2.45, 2.75) is 34.1 Å². The molecule has 0 amide bonds. The molecule has 1 aliphatic rings. The summed E-state index contributed by atoms with van der Waals surface area (Å²) < 4.78 is 27.6. The van der Waals surface area contributed by atoms with Gasteiger partial charge in [-0.1, -0.05) is 39.8 Å². The monoisotopic (exact) mass is 214 g/mol. The molecule has 0 aromatic rings. The molecule has 2 heteroatoms. The number of rotatable bonds is 1. The molecule has 0 nitrogen and oxygen atoms in total. The van der Waals surface area contributed by atoms with Crippen molar-refractivity contribution in [1.82, 2.24) is 0 Å². The fraction of sp³-hybridized carbons (Fsp3) is 0.692. The van der Waals surface area contributed by atoms with Crippen LogP contribution >= 0.6 is 0 Å². The predicted octanol–water partition coefficient (Wildman–Crippen LogP) is 4.64. The zero-order valence-electron chi connectivity index (χ0n) is 9.93. The summed E-state index contributed by atoms with van der Waals surface area (Å²) in [7, 11) is 0. The van der Waals surface area contributed by atoms with Crippen molar-refractivity contribution in [3.63, 3.8) is 0 Å². The van der Waals surface area contributed by atoms with Crippen molar-refractivity contribution in [2.75, 3.05) is 0 Å². The van der Waals surface area contributed by atoms with E-state index in [1.165, 1.54) is 0 Å². The first-order chi connectivity index (χ1) is 6.95. The molecule has 0 saturated carbocycles. The maximum atomic E-state index is 13.9. The molecular formula is C13H20F2. The van der Waals surface area contributed by atoms with Crippen molar-refractivity contribution in [3.05, 3.63) is 23.8 Å². The smallest absolute Gasteiger partial charge is 0.138 e. The van der Waals surface area contributed by atoms with Crippen LogP contribution in [0.25, 0.3) is 0 Å². The molecule has 86 valence electrons. The lowest BCUT2D eigenvalue weighted by Gasteiger charge is -2.27. The topological polar surface area (TPSA) is 0 Å². The van der Waals surface area contributed by atoms with Crippen LogP contribution in [-0.4, -0.2) is 0 Å². The lowest BCUT2D eigenvalue weighted by molar-refractivity contribution is 0.252. The highest BCUT2D eigenvalue weighted by molar-refractivity contribution is 5.15. The van der Waals surface area contributed by atoms with Gasteiger partial charge in [-0.3, -0.25) is 0 Å². The fourth-order valence-corrected chi connectivity index (χ4v) is 2.30. The molecule has 1 rings (SSSR count). The van der Waals surface area contributed by atoms with E-state index >= 15 is 0 Å². The van der Waals surface area contributed by atoms with Gasteiger partial charge in [0, 0.05) is 11.8 Å². The minimum atomic E-state index is -0.587. The molecule has 0 N–H and O–H groups in total. The van der Waals surface area contributed by atoms with Gasteiger partial charge in [0.25, 0.3) is 0 Å². The Morgan fingerprint density at radius 2 is 1.80 bits per heavy atom. The van der Waals surface area contributed by atoms with Crippen LogP contribution in [0.15, 0.2) is 23.8 Å². The zero-order chi connectivity index (χ0) is 11.6. The maximum absolute atomic E-state index is 13.9. The molecular weight excluding hydrogens is 194 g/mol. The first-order valence-corrected chi connectivity index (χ1v) is 5.66. The molecule has 0 saturated heterocycles. The minimum absolute atomic E-state index is 0.143. The molecule has 0 bridgehead atoms. The Bertz CT molecular complexity index is 276. The summed E-state index contributed by atoms with van der Waals surface area (Å²) in [6, 6.07) is 0. The summed E-state index contributed by atoms with van der Waals surface area (Å²) >= 11 is 0. The molecule has 3 atom stereocenters. The van der Waals surface area contributed by atoms with Gasteiger partial charge >= 0.3 is 0 Å². The number of allylic oxidation sites excluding steroid dienone is 4. The number of halogens is 2. The summed E-state index contributed by atoms with van der Waals surface area (Å²) in [6.45, 7) is 7.57. The molecule has 0 fully saturated rings. The average molecular weight is 214 g/mol. The highest BCUT2D eigenvalue weighted by Crippen LogP contribution is 2.37. The first kappa shape index (κ1) is 12.4. The van der Waals surface area contributed by atoms with Crippen LogP contribution in [0.1, 0.15) is 34.1 Å². The maximum Gasteiger partial charge on any atom is 0.138 e. The summed E-state index contributed by atoms with van der Waals surface area (Å²) in [5, 5.41) is 0. The Morgan fingerprint density at radius 3 is 2.33 bits per heavy atom. The van der Waals surface area contributed by atoms with Crippen LogP contribution in [0.4, 0.5) is 8.78 Å². The summed E-state index contributed by atoms with van der Waals surface area (Å²) in [5.41, 5.74) is 0. The van der Waals surface area contributed by atoms with Crippen LogP contribution in [-0.2, 0) is 0 Å². The third kappa shape index (κ3) is 2.67. The molecule has 0 aromatic carbocycles. The molecule has 0 radical (unpaired) electrons. The predicted molar refractivity (Wildman–Crippen MR) is 59.7 cm³/mol. The van der Waals surface area contributed by atoms with Crippen LogP contribution < -0.4 is 0 Å². The van der Waals surface area contributed by atoms with Gasteiger partial charge in [-0.05, 0) is 18.3 Å². The molecule has 0 aliphatic heterocycles. The molecule has 3 unspecified atom stereocenters. The fourth-order valence-electron chi connectivity index (χ4n) is 2.30. The van der Waals surface area contributed by atoms with Gasteiger partial charge in [-0.15, -0.1) is 0 Å².